The van der Waals surface area contributed by atoms with Crippen molar-refractivity contribution in [2.24, 2.45) is 0 Å². The third-order valence-corrected chi connectivity index (χ3v) is 6.32. The normalized spacial score (nSPS) is 13.2. The van der Waals surface area contributed by atoms with Crippen LogP contribution in [0.5, 0.6) is 5.75 Å². The molecule has 8 heteroatoms. The van der Waals surface area contributed by atoms with E-state index >= 15 is 0 Å². The maximum atomic E-state index is 12.5. The highest BCUT2D eigenvalue weighted by atomic mass is 32.2. The molecule has 2 rings (SSSR count). The van der Waals surface area contributed by atoms with Crippen molar-refractivity contribution in [1.82, 2.24) is 10.3 Å². The smallest absolute Gasteiger partial charge is 0.238 e. The third kappa shape index (κ3) is 6.10. The number of hydrogen-bond donors (Lipinski definition) is 1. The van der Waals surface area contributed by atoms with E-state index < -0.39 is 26.5 Å². The van der Waals surface area contributed by atoms with Gasteiger partial charge in [-0.3, -0.25) is 4.79 Å². The number of benzene rings is 1. The fourth-order valence-corrected chi connectivity index (χ4v) is 4.11. The van der Waals surface area contributed by atoms with Crippen molar-refractivity contribution in [1.29, 1.82) is 0 Å². The van der Waals surface area contributed by atoms with Gasteiger partial charge in [0.05, 0.1) is 11.4 Å². The second-order valence-corrected chi connectivity index (χ2v) is 10.3. The van der Waals surface area contributed by atoms with E-state index in [2.05, 4.69) is 10.3 Å². The lowest BCUT2D eigenvalue weighted by molar-refractivity contribution is -0.121. The summed E-state index contributed by atoms with van der Waals surface area (Å²) >= 11 is 1.34. The maximum Gasteiger partial charge on any atom is 0.238 e. The number of nitrogens with one attached hydrogen (secondary N) is 1. The molecule has 1 atom stereocenters. The van der Waals surface area contributed by atoms with Gasteiger partial charge in [0.2, 0.25) is 5.91 Å². The lowest BCUT2D eigenvalue weighted by Gasteiger charge is -2.23. The summed E-state index contributed by atoms with van der Waals surface area (Å²) in [5.74, 6) is -0.0437. The quantitative estimate of drug-likeness (QED) is 0.778. The summed E-state index contributed by atoms with van der Waals surface area (Å²) in [5, 5.41) is 3.94. The molecule has 142 valence electrons. The molecule has 1 N–H and O–H groups in total. The van der Waals surface area contributed by atoms with Crippen LogP contribution in [0.15, 0.2) is 35.7 Å². The van der Waals surface area contributed by atoms with E-state index in [0.717, 1.165) is 5.75 Å². The number of nitrogens with zero attached hydrogens (tertiary/aromatic N) is 1. The number of carbonyl (C=O) groups is 1. The fourth-order valence-electron chi connectivity index (χ4n) is 2.11. The molecule has 6 nitrogen and oxygen atoms in total. The van der Waals surface area contributed by atoms with E-state index in [-0.39, 0.29) is 12.4 Å². The molecule has 1 heterocycles. The lowest BCUT2D eigenvalue weighted by atomic mass is 10.1. The zero-order chi connectivity index (χ0) is 19.4. The molecule has 1 aromatic heterocycles. The monoisotopic (exact) mass is 396 g/mol. The lowest BCUT2D eigenvalue weighted by Crippen LogP contribution is -2.47. The first-order chi connectivity index (χ1) is 12.1. The van der Waals surface area contributed by atoms with Crippen LogP contribution in [0, 0.1) is 0 Å². The molecule has 0 saturated carbocycles. The predicted molar refractivity (Wildman–Crippen MR) is 103 cm³/mol. The van der Waals surface area contributed by atoms with Gasteiger partial charge in [-0.25, -0.2) is 13.4 Å². The van der Waals surface area contributed by atoms with Crippen LogP contribution in [-0.2, 0) is 27.0 Å². The fraction of sp³-hybridized carbons (Fsp3) is 0.444. The first kappa shape index (κ1) is 20.4. The average Bonchev–Trinajstić information content (AvgIpc) is 2.98. The highest BCUT2D eigenvalue weighted by molar-refractivity contribution is 7.92. The number of para-hydroxylation sites is 1. The van der Waals surface area contributed by atoms with Crippen molar-refractivity contribution in [3.8, 4) is 5.75 Å². The van der Waals surface area contributed by atoms with Gasteiger partial charge in [-0.05, 0) is 39.8 Å². The molecule has 0 spiro atoms. The Morgan fingerprint density at radius 3 is 2.54 bits per heavy atom. The second kappa shape index (κ2) is 8.18. The number of thiazole rings is 1. The van der Waals surface area contributed by atoms with Crippen molar-refractivity contribution in [3.05, 3.63) is 46.4 Å². The highest BCUT2D eigenvalue weighted by Crippen LogP contribution is 2.18. The Bertz CT molecular complexity index is 840. The summed E-state index contributed by atoms with van der Waals surface area (Å²) in [6, 6.07) is 9.33. The standard InChI is InChI=1S/C18H24N2O4S2/c1-13(17(21)20-18(2,3)4)26(22,23)12-14-11-25-16(19-14)10-24-15-8-6-5-7-9-15/h5-9,11,13H,10,12H2,1-4H3,(H,20,21). The Kier molecular flexibility index (Phi) is 6.41. The van der Waals surface area contributed by atoms with Crippen molar-refractivity contribution in [2.45, 2.75) is 50.8 Å². The molecule has 2 aromatic rings. The number of sulfone groups is 1. The molecule has 0 aliphatic rings. The van der Waals surface area contributed by atoms with E-state index in [0.29, 0.717) is 10.7 Å². The number of carbonyl (C=O) groups excluding carboxylic acids is 1. The molecule has 1 amide bonds. The van der Waals surface area contributed by atoms with Gasteiger partial charge in [0, 0.05) is 10.9 Å². The zero-order valence-corrected chi connectivity index (χ0v) is 17.0. The first-order valence-electron chi connectivity index (χ1n) is 8.21. The van der Waals surface area contributed by atoms with Gasteiger partial charge in [0.1, 0.15) is 22.6 Å². The second-order valence-electron chi connectivity index (χ2n) is 7.02. The van der Waals surface area contributed by atoms with Crippen molar-refractivity contribution in [2.75, 3.05) is 0 Å². The third-order valence-electron chi connectivity index (χ3n) is 3.46. The summed E-state index contributed by atoms with van der Waals surface area (Å²) in [6.07, 6.45) is 0. The molecule has 0 fully saturated rings. The van der Waals surface area contributed by atoms with Crippen LogP contribution in [0.4, 0.5) is 0 Å². The van der Waals surface area contributed by atoms with Gasteiger partial charge >= 0.3 is 0 Å². The summed E-state index contributed by atoms with van der Waals surface area (Å²) in [5.41, 5.74) is -0.0549. The van der Waals surface area contributed by atoms with E-state index in [1.165, 1.54) is 18.3 Å². The van der Waals surface area contributed by atoms with Crippen molar-refractivity contribution < 1.29 is 17.9 Å². The van der Waals surface area contributed by atoms with Gasteiger partial charge in [-0.1, -0.05) is 18.2 Å². The van der Waals surface area contributed by atoms with Gasteiger partial charge < -0.3 is 10.1 Å². The molecular formula is C18H24N2O4S2. The van der Waals surface area contributed by atoms with Crippen LogP contribution in [0.1, 0.15) is 38.4 Å². The summed E-state index contributed by atoms with van der Waals surface area (Å²) in [4.78, 5) is 16.4. The van der Waals surface area contributed by atoms with E-state index in [4.69, 9.17) is 4.74 Å². The molecule has 1 unspecified atom stereocenters. The largest absolute Gasteiger partial charge is 0.486 e. The molecule has 1 aromatic carbocycles. The Hall–Kier alpha value is -1.93. The van der Waals surface area contributed by atoms with E-state index in [1.807, 2.05) is 51.1 Å². The number of ether oxygens (including phenoxy) is 1. The van der Waals surface area contributed by atoms with Crippen LogP contribution in [-0.4, -0.2) is 30.1 Å². The first-order valence-corrected chi connectivity index (χ1v) is 10.8. The SMILES string of the molecule is CC(C(=O)NC(C)(C)C)S(=O)(=O)Cc1csc(COc2ccccc2)n1. The minimum absolute atomic E-state index is 0.270. The minimum atomic E-state index is -3.65. The minimum Gasteiger partial charge on any atom is -0.486 e. The topological polar surface area (TPSA) is 85.4 Å². The van der Waals surface area contributed by atoms with E-state index in [9.17, 15) is 13.2 Å². The van der Waals surface area contributed by atoms with Crippen LogP contribution in [0.2, 0.25) is 0 Å². The predicted octanol–water partition coefficient (Wildman–Crippen LogP) is 2.94. The van der Waals surface area contributed by atoms with Crippen LogP contribution in [0.3, 0.4) is 0 Å². The Morgan fingerprint density at radius 2 is 1.92 bits per heavy atom. The number of amides is 1. The van der Waals surface area contributed by atoms with Gasteiger partial charge in [-0.15, -0.1) is 11.3 Å². The van der Waals surface area contributed by atoms with E-state index in [1.54, 1.807) is 5.38 Å². The Morgan fingerprint density at radius 1 is 1.27 bits per heavy atom. The number of rotatable bonds is 7. The molecule has 26 heavy (non-hydrogen) atoms. The summed E-state index contributed by atoms with van der Waals surface area (Å²) < 4.78 is 30.6. The average molecular weight is 397 g/mol. The van der Waals surface area contributed by atoms with Gasteiger partial charge in [-0.2, -0.15) is 0 Å². The molecular weight excluding hydrogens is 372 g/mol. The van der Waals surface area contributed by atoms with Gasteiger partial charge in [0.25, 0.3) is 0 Å². The van der Waals surface area contributed by atoms with Crippen molar-refractivity contribution >= 4 is 27.1 Å². The van der Waals surface area contributed by atoms with Crippen molar-refractivity contribution in [3.63, 3.8) is 0 Å². The number of aromatic nitrogens is 1. The Labute approximate surface area is 158 Å². The Balaban J connectivity index is 1.97. The molecule has 0 aliphatic heterocycles. The highest BCUT2D eigenvalue weighted by Gasteiger charge is 2.31. The molecule has 0 saturated heterocycles. The summed E-state index contributed by atoms with van der Waals surface area (Å²) in [7, 11) is -3.65. The molecule has 0 radical (unpaired) electrons. The van der Waals surface area contributed by atoms with Gasteiger partial charge in [0.15, 0.2) is 9.84 Å². The van der Waals surface area contributed by atoms with Crippen LogP contribution >= 0.6 is 11.3 Å². The molecule has 0 aliphatic carbocycles. The maximum absolute atomic E-state index is 12.5. The number of hydrogen-bond acceptors (Lipinski definition) is 6. The zero-order valence-electron chi connectivity index (χ0n) is 15.4. The molecule has 0 bridgehead atoms. The van der Waals surface area contributed by atoms with Crippen LogP contribution < -0.4 is 10.1 Å². The summed E-state index contributed by atoms with van der Waals surface area (Å²) in [6.45, 7) is 7.11. The van der Waals surface area contributed by atoms with Crippen LogP contribution in [0.25, 0.3) is 0 Å².